The summed E-state index contributed by atoms with van der Waals surface area (Å²) in [5.41, 5.74) is 1.89. The van der Waals surface area contributed by atoms with Gasteiger partial charge in [0.25, 0.3) is 11.8 Å². The number of rotatable bonds is 6. The molecule has 3 fully saturated rings. The molecule has 2 bridgehead atoms. The zero-order valence-corrected chi connectivity index (χ0v) is 16.8. The van der Waals surface area contributed by atoms with Crippen molar-refractivity contribution in [3.63, 3.8) is 0 Å². The Balaban J connectivity index is 1.27. The normalized spacial score (nSPS) is 30.2. The summed E-state index contributed by atoms with van der Waals surface area (Å²) in [6.07, 6.45) is 5.18. The van der Waals surface area contributed by atoms with Crippen LogP contribution < -0.4 is 16.0 Å². The Hall–Kier alpha value is -2.58. The van der Waals surface area contributed by atoms with E-state index in [-0.39, 0.29) is 18.7 Å². The van der Waals surface area contributed by atoms with E-state index in [0.717, 1.165) is 30.0 Å². The van der Waals surface area contributed by atoms with Crippen molar-refractivity contribution in [3.05, 3.63) is 34.9 Å². The Morgan fingerprint density at radius 1 is 1.13 bits per heavy atom. The maximum Gasteiger partial charge on any atom is 0.262 e. The van der Waals surface area contributed by atoms with E-state index in [2.05, 4.69) is 16.0 Å². The fourth-order valence-electron chi connectivity index (χ4n) is 5.53. The van der Waals surface area contributed by atoms with Crippen LogP contribution in [-0.4, -0.2) is 53.7 Å². The summed E-state index contributed by atoms with van der Waals surface area (Å²) in [6, 6.07) is 5.01. The van der Waals surface area contributed by atoms with Gasteiger partial charge in [-0.05, 0) is 55.7 Å². The highest BCUT2D eigenvalue weighted by Crippen LogP contribution is 2.45. The maximum atomic E-state index is 13.1. The first kappa shape index (κ1) is 19.4. The molecule has 4 amide bonds. The average molecular weight is 410 g/mol. The summed E-state index contributed by atoms with van der Waals surface area (Å²) in [7, 11) is 0. The lowest BCUT2D eigenvalue weighted by atomic mass is 9.84. The third-order valence-corrected chi connectivity index (χ3v) is 7.17. The molecule has 8 nitrogen and oxygen atoms in total. The minimum Gasteiger partial charge on any atom is -0.313 e. The minimum atomic E-state index is -0.930. The molecule has 3 aliphatic heterocycles. The molecule has 30 heavy (non-hydrogen) atoms. The molecule has 4 aliphatic rings. The van der Waals surface area contributed by atoms with Crippen molar-refractivity contribution in [3.8, 4) is 0 Å². The van der Waals surface area contributed by atoms with Crippen LogP contribution in [0.5, 0.6) is 0 Å². The second-order valence-corrected chi connectivity index (χ2v) is 9.03. The van der Waals surface area contributed by atoms with E-state index in [9.17, 15) is 19.2 Å². The predicted molar refractivity (Wildman–Crippen MR) is 108 cm³/mol. The van der Waals surface area contributed by atoms with Gasteiger partial charge < -0.3 is 10.6 Å². The van der Waals surface area contributed by atoms with Crippen LogP contribution in [0.15, 0.2) is 18.2 Å². The van der Waals surface area contributed by atoms with Gasteiger partial charge in [0.05, 0.1) is 11.1 Å². The van der Waals surface area contributed by atoms with Crippen molar-refractivity contribution in [2.24, 2.45) is 5.41 Å². The van der Waals surface area contributed by atoms with E-state index in [4.69, 9.17) is 0 Å². The molecular formula is C22H26N4O4. The van der Waals surface area contributed by atoms with Crippen LogP contribution in [0.2, 0.25) is 0 Å². The SMILES string of the molecule is O=C1CCC(N2C(=O)c3cccc(CNCCC45CCC(C4)NC5)c3C2=O)C(=O)N1. The molecular weight excluding hydrogens is 384 g/mol. The third kappa shape index (κ3) is 3.15. The molecule has 3 N–H and O–H groups in total. The molecule has 8 heteroatoms. The van der Waals surface area contributed by atoms with Crippen LogP contribution in [0.3, 0.4) is 0 Å². The number of hydrogen-bond donors (Lipinski definition) is 3. The van der Waals surface area contributed by atoms with Crippen molar-refractivity contribution in [1.29, 1.82) is 0 Å². The summed E-state index contributed by atoms with van der Waals surface area (Å²) in [4.78, 5) is 50.7. The summed E-state index contributed by atoms with van der Waals surface area (Å²) in [6.45, 7) is 2.45. The first-order chi connectivity index (χ1) is 14.5. The van der Waals surface area contributed by atoms with E-state index in [1.807, 2.05) is 6.07 Å². The fourth-order valence-corrected chi connectivity index (χ4v) is 5.53. The Morgan fingerprint density at radius 3 is 2.70 bits per heavy atom. The van der Waals surface area contributed by atoms with Gasteiger partial charge in [-0.15, -0.1) is 0 Å². The molecule has 0 spiro atoms. The topological polar surface area (TPSA) is 108 Å². The number of amides is 4. The zero-order chi connectivity index (χ0) is 20.9. The van der Waals surface area contributed by atoms with Crippen LogP contribution in [0.25, 0.3) is 0 Å². The number of fused-ring (bicyclic) bond motifs is 3. The van der Waals surface area contributed by atoms with Crippen molar-refractivity contribution < 1.29 is 19.2 Å². The first-order valence-electron chi connectivity index (χ1n) is 10.8. The average Bonchev–Trinajstić information content (AvgIpc) is 3.40. The van der Waals surface area contributed by atoms with E-state index < -0.39 is 23.8 Å². The quantitative estimate of drug-likeness (QED) is 0.471. The van der Waals surface area contributed by atoms with Crippen LogP contribution >= 0.6 is 0 Å². The molecule has 1 aliphatic carbocycles. The second kappa shape index (κ2) is 7.28. The molecule has 1 aromatic carbocycles. The molecule has 0 aromatic heterocycles. The van der Waals surface area contributed by atoms with Gasteiger partial charge in [0.15, 0.2) is 0 Å². The van der Waals surface area contributed by atoms with Gasteiger partial charge >= 0.3 is 0 Å². The highest BCUT2D eigenvalue weighted by Gasteiger charge is 2.46. The van der Waals surface area contributed by atoms with E-state index in [1.165, 1.54) is 19.3 Å². The molecule has 5 rings (SSSR count). The Labute approximate surface area is 174 Å². The highest BCUT2D eigenvalue weighted by molar-refractivity contribution is 6.24. The smallest absolute Gasteiger partial charge is 0.262 e. The third-order valence-electron chi connectivity index (χ3n) is 7.17. The number of benzene rings is 1. The molecule has 0 radical (unpaired) electrons. The summed E-state index contributed by atoms with van der Waals surface area (Å²) in [5.74, 6) is -1.86. The number of piperidine rings is 2. The summed E-state index contributed by atoms with van der Waals surface area (Å²) < 4.78 is 0. The number of carbonyl (C=O) groups is 4. The number of imide groups is 2. The molecule has 1 aromatic rings. The van der Waals surface area contributed by atoms with Crippen molar-refractivity contribution in [2.45, 2.75) is 57.2 Å². The number of nitrogens with one attached hydrogen (secondary N) is 3. The lowest BCUT2D eigenvalue weighted by Crippen LogP contribution is -2.54. The van der Waals surface area contributed by atoms with E-state index in [0.29, 0.717) is 29.1 Å². The molecule has 3 atom stereocenters. The van der Waals surface area contributed by atoms with Gasteiger partial charge in [-0.25, -0.2) is 0 Å². The van der Waals surface area contributed by atoms with Crippen molar-refractivity contribution >= 4 is 23.6 Å². The Morgan fingerprint density at radius 2 is 2.00 bits per heavy atom. The predicted octanol–water partition coefficient (Wildman–Crippen LogP) is 0.710. The van der Waals surface area contributed by atoms with Crippen LogP contribution in [0.4, 0.5) is 0 Å². The number of carbonyl (C=O) groups excluding carboxylic acids is 4. The van der Waals surface area contributed by atoms with Gasteiger partial charge in [0.1, 0.15) is 6.04 Å². The van der Waals surface area contributed by atoms with E-state index in [1.54, 1.807) is 12.1 Å². The van der Waals surface area contributed by atoms with E-state index >= 15 is 0 Å². The lowest BCUT2D eigenvalue weighted by molar-refractivity contribution is -0.136. The van der Waals surface area contributed by atoms with Crippen LogP contribution in [0.1, 0.15) is 64.8 Å². The van der Waals surface area contributed by atoms with Gasteiger partial charge in [-0.2, -0.15) is 0 Å². The maximum absolute atomic E-state index is 13.1. The zero-order valence-electron chi connectivity index (χ0n) is 16.8. The molecule has 3 heterocycles. The standard InChI is InChI=1S/C22H26N4O4/c27-17-5-4-16(19(28)25-17)26-20(29)15-3-1-2-13(18(15)21(26)30)11-23-9-8-22-7-6-14(10-22)24-12-22/h1-3,14,16,23-24H,4-12H2,(H,25,27,28). The minimum absolute atomic E-state index is 0.121. The molecule has 158 valence electrons. The number of nitrogens with zero attached hydrogens (tertiary/aromatic N) is 1. The first-order valence-corrected chi connectivity index (χ1v) is 10.8. The molecule has 1 saturated carbocycles. The second-order valence-electron chi connectivity index (χ2n) is 9.03. The highest BCUT2D eigenvalue weighted by atomic mass is 16.2. The monoisotopic (exact) mass is 410 g/mol. The Bertz CT molecular complexity index is 935. The Kier molecular flexibility index (Phi) is 4.71. The van der Waals surface area contributed by atoms with Gasteiger partial charge in [-0.3, -0.25) is 29.4 Å². The van der Waals surface area contributed by atoms with Gasteiger partial charge in [-0.1, -0.05) is 12.1 Å². The van der Waals surface area contributed by atoms with Crippen molar-refractivity contribution in [2.75, 3.05) is 13.1 Å². The summed E-state index contributed by atoms with van der Waals surface area (Å²) in [5, 5.41) is 9.25. The molecule has 2 saturated heterocycles. The lowest BCUT2D eigenvalue weighted by Gasteiger charge is -2.28. The molecule has 3 unspecified atom stereocenters. The summed E-state index contributed by atoms with van der Waals surface area (Å²) >= 11 is 0. The fraction of sp³-hybridized carbons (Fsp3) is 0.545. The largest absolute Gasteiger partial charge is 0.313 e. The van der Waals surface area contributed by atoms with Gasteiger partial charge in [0, 0.05) is 25.6 Å². The van der Waals surface area contributed by atoms with Crippen LogP contribution in [-0.2, 0) is 16.1 Å². The number of hydrogen-bond acceptors (Lipinski definition) is 6. The van der Waals surface area contributed by atoms with Crippen LogP contribution in [0, 0.1) is 5.41 Å². The van der Waals surface area contributed by atoms with Gasteiger partial charge in [0.2, 0.25) is 11.8 Å². The van der Waals surface area contributed by atoms with Crippen molar-refractivity contribution in [1.82, 2.24) is 20.9 Å².